The number of phosphoric ester groups is 1. The first-order valence-corrected chi connectivity index (χ1v) is 7.92. The predicted molar refractivity (Wildman–Crippen MR) is 74.8 cm³/mol. The molecule has 0 amide bonds. The molecule has 22 heavy (non-hydrogen) atoms. The number of methoxy groups -OCH3 is 1. The number of phosphoric acid groups is 1. The molecule has 10 heteroatoms. The van der Waals surface area contributed by atoms with Gasteiger partial charge in [-0.05, 0) is 19.8 Å². The molecule has 130 valence electrons. The average molecular weight is 342 g/mol. The van der Waals surface area contributed by atoms with Crippen molar-refractivity contribution in [2.24, 2.45) is 5.92 Å². The normalized spacial score (nSPS) is 14.3. The molecule has 0 aliphatic carbocycles. The van der Waals surface area contributed by atoms with Crippen LogP contribution in [0.2, 0.25) is 0 Å². The Bertz CT molecular complexity index is 419. The molecule has 0 saturated carbocycles. The van der Waals surface area contributed by atoms with E-state index in [4.69, 9.17) is 13.6 Å². The lowest BCUT2D eigenvalue weighted by Gasteiger charge is -2.32. The van der Waals surface area contributed by atoms with E-state index in [-0.39, 0.29) is 5.92 Å². The van der Waals surface area contributed by atoms with Crippen molar-refractivity contribution in [3.05, 3.63) is 0 Å². The molecule has 0 heterocycles. The molecule has 0 saturated heterocycles. The smallest absolute Gasteiger partial charge is 0.438 e. The fourth-order valence-corrected chi connectivity index (χ4v) is 2.19. The summed E-state index contributed by atoms with van der Waals surface area (Å²) in [6.45, 7) is 6.89. The van der Waals surface area contributed by atoms with Crippen molar-refractivity contribution < 1.29 is 41.9 Å². The molecule has 0 aliphatic rings. The van der Waals surface area contributed by atoms with Gasteiger partial charge in [0.25, 0.3) is 0 Å². The van der Waals surface area contributed by atoms with Crippen LogP contribution in [0, 0.1) is 5.92 Å². The first kappa shape index (κ1) is 20.9. The van der Waals surface area contributed by atoms with Crippen LogP contribution in [0.1, 0.15) is 34.6 Å². The summed E-state index contributed by atoms with van der Waals surface area (Å²) in [5.41, 5.74) is -0.864. The Morgan fingerprint density at radius 1 is 1.09 bits per heavy atom. The summed E-state index contributed by atoms with van der Waals surface area (Å²) >= 11 is 0. The molecule has 0 aromatic heterocycles. The zero-order valence-corrected chi connectivity index (χ0v) is 14.5. The molecule has 0 fully saturated rings. The van der Waals surface area contributed by atoms with Crippen LogP contribution >= 0.6 is 7.82 Å². The lowest BCUT2D eigenvalue weighted by Crippen LogP contribution is -2.31. The third-order valence-corrected chi connectivity index (χ3v) is 4.30. The highest BCUT2D eigenvalue weighted by molar-refractivity contribution is 7.48. The Labute approximate surface area is 129 Å². The van der Waals surface area contributed by atoms with Crippen molar-refractivity contribution >= 4 is 19.9 Å². The minimum Gasteiger partial charge on any atom is -0.438 e. The summed E-state index contributed by atoms with van der Waals surface area (Å²) in [7, 11) is -3.02. The summed E-state index contributed by atoms with van der Waals surface area (Å²) in [5.74, 6) is -0.649. The zero-order chi connectivity index (χ0) is 17.4. The van der Waals surface area contributed by atoms with Crippen molar-refractivity contribution in [3.63, 3.8) is 0 Å². The maximum Gasteiger partial charge on any atom is 0.510 e. The Kier molecular flexibility index (Phi) is 8.62. The molecule has 0 aliphatic heterocycles. The summed E-state index contributed by atoms with van der Waals surface area (Å²) in [6.07, 6.45) is -1.02. The molecule has 0 N–H and O–H groups in total. The van der Waals surface area contributed by atoms with Crippen molar-refractivity contribution in [1.82, 2.24) is 0 Å². The maximum atomic E-state index is 12.5. The van der Waals surface area contributed by atoms with E-state index < -0.39 is 39.1 Å². The molecule has 0 spiro atoms. The molecule has 0 aromatic carbocycles. The van der Waals surface area contributed by atoms with Gasteiger partial charge in [0, 0.05) is 6.92 Å². The molecule has 0 bridgehead atoms. The summed E-state index contributed by atoms with van der Waals surface area (Å²) in [6, 6.07) is 0. The maximum absolute atomic E-state index is 12.5. The molecule has 1 atom stereocenters. The molecule has 0 radical (unpaired) electrons. The van der Waals surface area contributed by atoms with E-state index in [0.29, 0.717) is 0 Å². The van der Waals surface area contributed by atoms with Gasteiger partial charge in [0.05, 0.1) is 12.7 Å². The first-order valence-electron chi connectivity index (χ1n) is 6.46. The Balaban J connectivity index is 4.77. The van der Waals surface area contributed by atoms with E-state index in [1.165, 1.54) is 0 Å². The van der Waals surface area contributed by atoms with Crippen molar-refractivity contribution in [3.8, 4) is 0 Å². The average Bonchev–Trinajstić information content (AvgIpc) is 2.37. The monoisotopic (exact) mass is 342 g/mol. The van der Waals surface area contributed by atoms with Gasteiger partial charge in [0.2, 0.25) is 13.6 Å². The lowest BCUT2D eigenvalue weighted by molar-refractivity contribution is -0.149. The Hall–Kier alpha value is -1.15. The molecular formula is C12H23O9P. The van der Waals surface area contributed by atoms with Crippen LogP contribution < -0.4 is 0 Å². The van der Waals surface area contributed by atoms with Gasteiger partial charge < -0.3 is 14.2 Å². The van der Waals surface area contributed by atoms with Gasteiger partial charge in [0.15, 0.2) is 0 Å². The molecule has 9 nitrogen and oxygen atoms in total. The number of ether oxygens (including phenoxy) is 3. The summed E-state index contributed by atoms with van der Waals surface area (Å²) < 4.78 is 40.8. The number of hydrogen-bond acceptors (Lipinski definition) is 9. The SMILES string of the molecule is COC(=O)OCOP(=O)(OCOC(C)=O)OC(C)(C)C(C)C. The van der Waals surface area contributed by atoms with Crippen LogP contribution in [0.3, 0.4) is 0 Å². The van der Waals surface area contributed by atoms with Gasteiger partial charge in [-0.1, -0.05) is 13.8 Å². The minimum absolute atomic E-state index is 0.0247. The van der Waals surface area contributed by atoms with Gasteiger partial charge in [-0.15, -0.1) is 0 Å². The van der Waals surface area contributed by atoms with E-state index in [0.717, 1.165) is 14.0 Å². The standard InChI is InChI=1S/C12H23O9P/c1-9(2)12(4,5)21-22(15,19-7-17-10(3)13)20-8-18-11(14)16-6/h9H,7-8H2,1-6H3. The number of hydrogen-bond donors (Lipinski definition) is 0. The fraction of sp³-hybridized carbons (Fsp3) is 0.833. The van der Waals surface area contributed by atoms with Crippen molar-refractivity contribution in [1.29, 1.82) is 0 Å². The molecule has 0 aromatic rings. The Morgan fingerprint density at radius 3 is 2.00 bits per heavy atom. The second-order valence-corrected chi connectivity index (χ2v) is 6.62. The van der Waals surface area contributed by atoms with Crippen molar-refractivity contribution in [2.45, 2.75) is 40.2 Å². The Morgan fingerprint density at radius 2 is 1.59 bits per heavy atom. The van der Waals surface area contributed by atoms with Crippen molar-refractivity contribution in [2.75, 3.05) is 20.7 Å². The largest absolute Gasteiger partial charge is 0.510 e. The highest BCUT2D eigenvalue weighted by atomic mass is 31.2. The van der Waals surface area contributed by atoms with Gasteiger partial charge in [-0.25, -0.2) is 18.4 Å². The van der Waals surface area contributed by atoms with Crippen LogP contribution in [0.5, 0.6) is 0 Å². The summed E-state index contributed by atoms with van der Waals surface area (Å²) in [5, 5.41) is 0. The topological polar surface area (TPSA) is 107 Å². The second-order valence-electron chi connectivity index (χ2n) is 5.02. The highest BCUT2D eigenvalue weighted by Gasteiger charge is 2.38. The van der Waals surface area contributed by atoms with Crippen LogP contribution in [-0.4, -0.2) is 38.4 Å². The number of carbonyl (C=O) groups is 2. The van der Waals surface area contributed by atoms with E-state index in [1.54, 1.807) is 13.8 Å². The predicted octanol–water partition coefficient (Wildman–Crippen LogP) is 2.84. The second kappa shape index (κ2) is 9.09. The quantitative estimate of drug-likeness (QED) is 0.355. The third kappa shape index (κ3) is 8.33. The molecule has 0 rings (SSSR count). The summed E-state index contributed by atoms with van der Waals surface area (Å²) in [4.78, 5) is 21.5. The van der Waals surface area contributed by atoms with Crippen LogP contribution in [0.15, 0.2) is 0 Å². The lowest BCUT2D eigenvalue weighted by atomic mass is 9.95. The number of esters is 1. The first-order chi connectivity index (χ1) is 10.0. The number of rotatable bonds is 9. The minimum atomic E-state index is -4.13. The van der Waals surface area contributed by atoms with Crippen LogP contribution in [0.4, 0.5) is 4.79 Å². The molecular weight excluding hydrogens is 319 g/mol. The van der Waals surface area contributed by atoms with Gasteiger partial charge >= 0.3 is 19.9 Å². The van der Waals surface area contributed by atoms with E-state index >= 15 is 0 Å². The van der Waals surface area contributed by atoms with E-state index in [1.807, 2.05) is 13.8 Å². The number of carbonyl (C=O) groups excluding carboxylic acids is 2. The highest BCUT2D eigenvalue weighted by Crippen LogP contribution is 2.53. The zero-order valence-electron chi connectivity index (χ0n) is 13.6. The van der Waals surface area contributed by atoms with E-state index in [9.17, 15) is 14.2 Å². The van der Waals surface area contributed by atoms with Gasteiger partial charge in [0.1, 0.15) is 0 Å². The van der Waals surface area contributed by atoms with Crippen LogP contribution in [0.25, 0.3) is 0 Å². The van der Waals surface area contributed by atoms with E-state index in [2.05, 4.69) is 14.2 Å². The van der Waals surface area contributed by atoms with Crippen LogP contribution in [-0.2, 0) is 37.1 Å². The van der Waals surface area contributed by atoms with Gasteiger partial charge in [-0.2, -0.15) is 0 Å². The third-order valence-electron chi connectivity index (χ3n) is 2.76. The molecule has 1 unspecified atom stereocenters. The van der Waals surface area contributed by atoms with Gasteiger partial charge in [-0.3, -0.25) is 9.32 Å². The fourth-order valence-electron chi connectivity index (χ4n) is 0.855.